The fraction of sp³-hybridized carbons (Fsp3) is 0.538. The van der Waals surface area contributed by atoms with Crippen molar-refractivity contribution in [3.8, 4) is 0 Å². The van der Waals surface area contributed by atoms with Gasteiger partial charge in [-0.05, 0) is 24.5 Å². The molecule has 0 saturated heterocycles. The predicted octanol–water partition coefficient (Wildman–Crippen LogP) is 1.25. The molecule has 0 radical (unpaired) electrons. The Morgan fingerprint density at radius 3 is 3.11 bits per heavy atom. The average molecular weight is 248 g/mol. The molecule has 0 spiro atoms. The van der Waals surface area contributed by atoms with Crippen LogP contribution < -0.4 is 10.6 Å². The number of amides is 2. The third-order valence-corrected chi connectivity index (χ3v) is 3.02. The Balaban J connectivity index is 1.88. The number of hydrogen-bond acceptors (Lipinski definition) is 3. The number of nitrogens with zero attached hydrogens (tertiary/aromatic N) is 2. The molecule has 2 rings (SSSR count). The van der Waals surface area contributed by atoms with Crippen molar-refractivity contribution in [3.05, 3.63) is 23.4 Å². The minimum atomic E-state index is -0.0638. The maximum atomic E-state index is 11.3. The van der Waals surface area contributed by atoms with E-state index in [0.717, 1.165) is 30.9 Å². The largest absolute Gasteiger partial charge is 0.370 e. The first-order valence-corrected chi connectivity index (χ1v) is 6.34. The summed E-state index contributed by atoms with van der Waals surface area (Å²) < 4.78 is 0. The number of rotatable bonds is 3. The summed E-state index contributed by atoms with van der Waals surface area (Å²) in [7, 11) is 3.47. The lowest BCUT2D eigenvalue weighted by atomic mass is 10.1. The molecule has 0 saturated carbocycles. The lowest BCUT2D eigenvalue weighted by molar-refractivity contribution is 0.217. The SMILES string of the molecule is CN(C)C(=O)NCCc1ccc2c(n1)NCCC2. The highest BCUT2D eigenvalue weighted by Crippen LogP contribution is 2.19. The van der Waals surface area contributed by atoms with Gasteiger partial charge in [0.05, 0.1) is 0 Å². The summed E-state index contributed by atoms with van der Waals surface area (Å²) in [6.07, 6.45) is 3.04. The highest BCUT2D eigenvalue weighted by Gasteiger charge is 2.10. The second kappa shape index (κ2) is 5.71. The molecule has 18 heavy (non-hydrogen) atoms. The minimum absolute atomic E-state index is 0.0638. The molecule has 0 aromatic carbocycles. The highest BCUT2D eigenvalue weighted by atomic mass is 16.2. The van der Waals surface area contributed by atoms with Crippen molar-refractivity contribution in [3.63, 3.8) is 0 Å². The summed E-state index contributed by atoms with van der Waals surface area (Å²) in [6, 6.07) is 4.12. The summed E-state index contributed by atoms with van der Waals surface area (Å²) in [5, 5.41) is 6.15. The lowest BCUT2D eigenvalue weighted by Gasteiger charge is -2.17. The van der Waals surface area contributed by atoms with Crippen molar-refractivity contribution >= 4 is 11.8 Å². The van der Waals surface area contributed by atoms with Gasteiger partial charge >= 0.3 is 6.03 Å². The van der Waals surface area contributed by atoms with Crippen LogP contribution in [0, 0.1) is 0 Å². The van der Waals surface area contributed by atoms with E-state index in [2.05, 4.69) is 21.7 Å². The fourth-order valence-corrected chi connectivity index (χ4v) is 1.96. The predicted molar refractivity (Wildman–Crippen MR) is 71.8 cm³/mol. The Morgan fingerprint density at radius 1 is 1.50 bits per heavy atom. The Hall–Kier alpha value is -1.78. The molecule has 1 aromatic heterocycles. The van der Waals surface area contributed by atoms with Crippen molar-refractivity contribution < 1.29 is 4.79 Å². The number of fused-ring (bicyclic) bond motifs is 1. The molecule has 0 bridgehead atoms. The number of carbonyl (C=O) groups excluding carboxylic acids is 1. The number of aryl methyl sites for hydroxylation is 1. The van der Waals surface area contributed by atoms with Gasteiger partial charge in [0.2, 0.25) is 0 Å². The van der Waals surface area contributed by atoms with Gasteiger partial charge in [-0.25, -0.2) is 9.78 Å². The van der Waals surface area contributed by atoms with E-state index in [-0.39, 0.29) is 6.03 Å². The normalized spacial score (nSPS) is 13.4. The van der Waals surface area contributed by atoms with Crippen LogP contribution in [0.4, 0.5) is 10.6 Å². The van der Waals surface area contributed by atoms with E-state index < -0.39 is 0 Å². The topological polar surface area (TPSA) is 57.3 Å². The summed E-state index contributed by atoms with van der Waals surface area (Å²) in [4.78, 5) is 17.5. The summed E-state index contributed by atoms with van der Waals surface area (Å²) in [6.45, 7) is 1.61. The van der Waals surface area contributed by atoms with Gasteiger partial charge in [-0.15, -0.1) is 0 Å². The molecular formula is C13H20N4O. The molecule has 0 unspecified atom stereocenters. The van der Waals surface area contributed by atoms with Gasteiger partial charge in [0.15, 0.2) is 0 Å². The first-order valence-electron chi connectivity index (χ1n) is 6.34. The molecular weight excluding hydrogens is 228 g/mol. The van der Waals surface area contributed by atoms with E-state index in [4.69, 9.17) is 0 Å². The van der Waals surface area contributed by atoms with Crippen LogP contribution in [0.25, 0.3) is 0 Å². The van der Waals surface area contributed by atoms with Crippen molar-refractivity contribution in [2.24, 2.45) is 0 Å². The van der Waals surface area contributed by atoms with Crippen LogP contribution in [0.2, 0.25) is 0 Å². The van der Waals surface area contributed by atoms with Crippen LogP contribution in [-0.4, -0.2) is 43.1 Å². The molecule has 1 aromatic rings. The molecule has 1 aliphatic heterocycles. The van der Waals surface area contributed by atoms with Gasteiger partial charge in [-0.3, -0.25) is 0 Å². The summed E-state index contributed by atoms with van der Waals surface area (Å²) >= 11 is 0. The third-order valence-electron chi connectivity index (χ3n) is 3.02. The fourth-order valence-electron chi connectivity index (χ4n) is 1.96. The number of aromatic nitrogens is 1. The lowest BCUT2D eigenvalue weighted by Crippen LogP contribution is -2.35. The van der Waals surface area contributed by atoms with E-state index in [1.54, 1.807) is 14.1 Å². The van der Waals surface area contributed by atoms with E-state index in [0.29, 0.717) is 6.54 Å². The van der Waals surface area contributed by atoms with Crippen LogP contribution in [-0.2, 0) is 12.8 Å². The van der Waals surface area contributed by atoms with Crippen LogP contribution >= 0.6 is 0 Å². The Labute approximate surface area is 108 Å². The van der Waals surface area contributed by atoms with E-state index in [9.17, 15) is 4.79 Å². The molecule has 0 fully saturated rings. The van der Waals surface area contributed by atoms with Crippen molar-refractivity contribution in [1.29, 1.82) is 0 Å². The second-order valence-corrected chi connectivity index (χ2v) is 4.72. The van der Waals surface area contributed by atoms with E-state index in [1.165, 1.54) is 16.9 Å². The van der Waals surface area contributed by atoms with Gasteiger partial charge < -0.3 is 15.5 Å². The number of urea groups is 1. The number of pyridine rings is 1. The molecule has 5 heteroatoms. The van der Waals surface area contributed by atoms with Crippen LogP contribution in [0.1, 0.15) is 17.7 Å². The maximum absolute atomic E-state index is 11.3. The summed E-state index contributed by atoms with van der Waals surface area (Å²) in [5.74, 6) is 1.01. The molecule has 0 atom stereocenters. The van der Waals surface area contributed by atoms with Crippen LogP contribution in [0.5, 0.6) is 0 Å². The smallest absolute Gasteiger partial charge is 0.316 e. The Kier molecular flexibility index (Phi) is 4.02. The van der Waals surface area contributed by atoms with Crippen molar-refractivity contribution in [2.45, 2.75) is 19.3 Å². The zero-order valence-electron chi connectivity index (χ0n) is 11.0. The first-order chi connectivity index (χ1) is 8.66. The van der Waals surface area contributed by atoms with Crippen LogP contribution in [0.15, 0.2) is 12.1 Å². The number of nitrogens with one attached hydrogen (secondary N) is 2. The molecule has 98 valence electrons. The Bertz CT molecular complexity index is 431. The van der Waals surface area contributed by atoms with E-state index in [1.807, 2.05) is 6.07 Å². The monoisotopic (exact) mass is 248 g/mol. The average Bonchev–Trinajstić information content (AvgIpc) is 2.38. The third kappa shape index (κ3) is 3.12. The number of hydrogen-bond donors (Lipinski definition) is 2. The zero-order valence-corrected chi connectivity index (χ0v) is 11.0. The first kappa shape index (κ1) is 12.7. The summed E-state index contributed by atoms with van der Waals surface area (Å²) in [5.41, 5.74) is 2.31. The van der Waals surface area contributed by atoms with Gasteiger partial charge in [0.1, 0.15) is 5.82 Å². The number of carbonyl (C=O) groups is 1. The van der Waals surface area contributed by atoms with Crippen molar-refractivity contribution in [2.75, 3.05) is 32.5 Å². The standard InChI is InChI=1S/C13H20N4O/c1-17(2)13(18)15-9-7-11-6-5-10-4-3-8-14-12(10)16-11/h5-6H,3-4,7-9H2,1-2H3,(H,14,16)(H,15,18). The molecule has 2 heterocycles. The molecule has 2 amide bonds. The van der Waals surface area contributed by atoms with Crippen LogP contribution in [0.3, 0.4) is 0 Å². The van der Waals surface area contributed by atoms with Crippen molar-refractivity contribution in [1.82, 2.24) is 15.2 Å². The quantitative estimate of drug-likeness (QED) is 0.846. The number of anilines is 1. The van der Waals surface area contributed by atoms with Gasteiger partial charge in [-0.1, -0.05) is 6.07 Å². The van der Waals surface area contributed by atoms with E-state index >= 15 is 0 Å². The van der Waals surface area contributed by atoms with Gasteiger partial charge in [0.25, 0.3) is 0 Å². The minimum Gasteiger partial charge on any atom is -0.370 e. The molecule has 0 aliphatic carbocycles. The second-order valence-electron chi connectivity index (χ2n) is 4.72. The molecule has 5 nitrogen and oxygen atoms in total. The Morgan fingerprint density at radius 2 is 2.33 bits per heavy atom. The molecule has 1 aliphatic rings. The zero-order chi connectivity index (χ0) is 13.0. The van der Waals surface area contributed by atoms with Gasteiger partial charge in [0, 0.05) is 39.3 Å². The molecule has 2 N–H and O–H groups in total. The highest BCUT2D eigenvalue weighted by molar-refractivity contribution is 5.73. The maximum Gasteiger partial charge on any atom is 0.316 e. The van der Waals surface area contributed by atoms with Gasteiger partial charge in [-0.2, -0.15) is 0 Å².